The first kappa shape index (κ1) is 51.9. The van der Waals surface area contributed by atoms with Gasteiger partial charge >= 0.3 is 0 Å². The summed E-state index contributed by atoms with van der Waals surface area (Å²) < 4.78 is 5.77. The van der Waals surface area contributed by atoms with Crippen LogP contribution in [0.5, 0.6) is 0 Å². The zero-order valence-corrected chi connectivity index (χ0v) is 44.0. The number of likely N-dealkylation sites (N-methyl/N-ethyl adjacent to an activating group) is 4. The Morgan fingerprint density at radius 3 is 1.60 bits per heavy atom. The predicted octanol–water partition coefficient (Wildman–Crippen LogP) is 5.36. The lowest BCUT2D eigenvalue weighted by Crippen LogP contribution is -2.58. The van der Waals surface area contributed by atoms with Crippen molar-refractivity contribution in [2.24, 2.45) is 23.7 Å². The zero-order valence-electron chi connectivity index (χ0n) is 44.0. The van der Waals surface area contributed by atoms with E-state index in [9.17, 15) is 0 Å². The molecule has 10 rings (SSSR count). The van der Waals surface area contributed by atoms with E-state index in [0.29, 0.717) is 18.2 Å². The number of hydrogen-bond donors (Lipinski definition) is 1. The van der Waals surface area contributed by atoms with Crippen LogP contribution in [0.3, 0.4) is 0 Å². The third-order valence-electron chi connectivity index (χ3n) is 17.6. The minimum atomic E-state index is 0.459. The molecule has 0 aromatic rings. The first-order valence-corrected chi connectivity index (χ1v) is 26.8. The standard InChI is InChI=1S/3C11H22N2.C10H20N2O.C9H18N2/c1-9(2)13-7-5-10-4-6-12(3)11(10)8-13;1-8(2)13-5-4-10-6-9(3)12-11(10)7-13;1-9(2)13-6-4-5-10-7-12(3)8-11(10)13;1-8(2)12-4-5-13-10-7-11(3)6-9(10)12;1-7(2)11-5-8-4-10(3)6-9(8)11/h9-11H,4-8H2,1-3H3;8-12H,4-7H2,1-3H3;9-11H,4-8H2,1-3H3;8-10H,4-7H2,1-3H3;7-9H,4-6H2,1-3H3. The molecule has 11 atom stereocenters. The van der Waals surface area contributed by atoms with Crippen LogP contribution in [0.15, 0.2) is 0 Å². The summed E-state index contributed by atoms with van der Waals surface area (Å²) in [4.78, 5) is 23.0. The van der Waals surface area contributed by atoms with Gasteiger partial charge < -0.3 is 29.7 Å². The summed E-state index contributed by atoms with van der Waals surface area (Å²) in [6, 6.07) is 8.38. The van der Waals surface area contributed by atoms with Crippen LogP contribution >= 0.6 is 0 Å². The van der Waals surface area contributed by atoms with Crippen molar-refractivity contribution in [1.82, 2.24) is 49.4 Å². The van der Waals surface area contributed by atoms with Gasteiger partial charge in [-0.1, -0.05) is 0 Å². The number of fused-ring (bicyclic) bond motifs is 5. The summed E-state index contributed by atoms with van der Waals surface area (Å²) in [5.74, 6) is 3.91. The summed E-state index contributed by atoms with van der Waals surface area (Å²) in [6.07, 6.45) is 8.99. The maximum Gasteiger partial charge on any atom is 0.0869 e. The Bertz CT molecular complexity index is 1290. The second-order valence-electron chi connectivity index (χ2n) is 23.9. The van der Waals surface area contributed by atoms with Gasteiger partial charge in [0.1, 0.15) is 0 Å². The van der Waals surface area contributed by atoms with Gasteiger partial charge in [-0.25, -0.2) is 0 Å². The smallest absolute Gasteiger partial charge is 0.0869 e. The number of morpholine rings is 1. The van der Waals surface area contributed by atoms with E-state index in [0.717, 1.165) is 97.7 Å². The highest BCUT2D eigenvalue weighted by molar-refractivity contribution is 5.01. The monoisotopic (exact) mass is 885 g/mol. The summed E-state index contributed by atoms with van der Waals surface area (Å²) in [7, 11) is 8.96. The number of likely N-dealkylation sites (tertiary alicyclic amines) is 8. The van der Waals surface area contributed by atoms with Crippen LogP contribution in [-0.4, -0.2) is 243 Å². The Labute approximate surface area is 390 Å². The first-order chi connectivity index (χ1) is 29.9. The third kappa shape index (κ3) is 13.6. The topological polar surface area (TPSA) is 50.4 Å². The second kappa shape index (κ2) is 23.7. The number of ether oxygens (including phenoxy) is 1. The number of piperidine rings is 3. The SMILES string of the molecule is CC(C)N1CC2CN(C)CC21.CC(C)N1CCC2CCN(C)C2C1.CC(C)N1CCCC2CN(C)CC21.CC(C)N1CCOC2CN(C)CC21.CC1CC2CCN(C(C)C)CC2N1. The predicted molar refractivity (Wildman–Crippen MR) is 267 cm³/mol. The Morgan fingerprint density at radius 2 is 0.984 bits per heavy atom. The third-order valence-corrected chi connectivity index (χ3v) is 17.6. The van der Waals surface area contributed by atoms with Gasteiger partial charge in [0.25, 0.3) is 0 Å². The number of nitrogens with zero attached hydrogens (tertiary/aromatic N) is 9. The largest absolute Gasteiger partial charge is 0.374 e. The molecule has 0 amide bonds. The van der Waals surface area contributed by atoms with Crippen LogP contribution in [0.25, 0.3) is 0 Å². The highest BCUT2D eigenvalue weighted by Gasteiger charge is 2.45. The van der Waals surface area contributed by atoms with Crippen LogP contribution in [-0.2, 0) is 4.74 Å². The van der Waals surface area contributed by atoms with E-state index in [1.54, 1.807) is 0 Å². The van der Waals surface area contributed by atoms with E-state index in [4.69, 9.17) is 4.74 Å². The maximum atomic E-state index is 5.77. The molecule has 11 heteroatoms. The van der Waals surface area contributed by atoms with Crippen molar-refractivity contribution < 1.29 is 4.74 Å². The number of rotatable bonds is 5. The Kier molecular flexibility index (Phi) is 19.6. The molecule has 11 nitrogen and oxygen atoms in total. The molecule has 0 radical (unpaired) electrons. The molecule has 0 aliphatic carbocycles. The fraction of sp³-hybridized carbons (Fsp3) is 1.00. The fourth-order valence-corrected chi connectivity index (χ4v) is 13.8. The molecule has 10 aliphatic heterocycles. The van der Waals surface area contributed by atoms with Crippen molar-refractivity contribution >= 4 is 0 Å². The molecule has 10 fully saturated rings. The van der Waals surface area contributed by atoms with Crippen molar-refractivity contribution in [2.75, 3.05) is 126 Å². The van der Waals surface area contributed by atoms with Crippen LogP contribution in [0.2, 0.25) is 0 Å². The molecule has 0 aromatic heterocycles. The van der Waals surface area contributed by atoms with Crippen LogP contribution in [0.1, 0.15) is 115 Å². The van der Waals surface area contributed by atoms with E-state index in [-0.39, 0.29) is 0 Å². The lowest BCUT2D eigenvalue weighted by molar-refractivity contribution is -0.0582. The van der Waals surface area contributed by atoms with Gasteiger partial charge in [-0.15, -0.1) is 0 Å². The summed E-state index contributed by atoms with van der Waals surface area (Å²) in [6.45, 7) is 44.1. The summed E-state index contributed by atoms with van der Waals surface area (Å²) >= 11 is 0. The quantitative estimate of drug-likeness (QED) is 0.389. The summed E-state index contributed by atoms with van der Waals surface area (Å²) in [5, 5.41) is 3.70. The van der Waals surface area contributed by atoms with Crippen molar-refractivity contribution in [2.45, 2.75) is 187 Å². The maximum absolute atomic E-state index is 5.77. The average molecular weight is 885 g/mol. The van der Waals surface area contributed by atoms with Crippen molar-refractivity contribution in [3.05, 3.63) is 0 Å². The molecule has 11 unspecified atom stereocenters. The summed E-state index contributed by atoms with van der Waals surface area (Å²) in [5.41, 5.74) is 0. The molecule has 368 valence electrons. The molecule has 63 heavy (non-hydrogen) atoms. The molecule has 10 aliphatic rings. The van der Waals surface area contributed by atoms with E-state index >= 15 is 0 Å². The molecule has 0 bridgehead atoms. The van der Waals surface area contributed by atoms with Gasteiger partial charge in [0.15, 0.2) is 0 Å². The van der Waals surface area contributed by atoms with Gasteiger partial charge in [-0.2, -0.15) is 0 Å². The molecule has 10 heterocycles. The molecule has 0 aromatic carbocycles. The van der Waals surface area contributed by atoms with Crippen molar-refractivity contribution in [3.63, 3.8) is 0 Å². The lowest BCUT2D eigenvalue weighted by Gasteiger charge is -2.46. The average Bonchev–Trinajstić information content (AvgIpc) is 4.05. The highest BCUT2D eigenvalue weighted by Crippen LogP contribution is 2.34. The van der Waals surface area contributed by atoms with Crippen LogP contribution in [0, 0.1) is 23.7 Å². The van der Waals surface area contributed by atoms with Gasteiger partial charge in [-0.3, -0.25) is 24.5 Å². The zero-order chi connectivity index (χ0) is 45.7. The van der Waals surface area contributed by atoms with Gasteiger partial charge in [-0.05, 0) is 187 Å². The lowest BCUT2D eigenvalue weighted by atomic mass is 9.90. The van der Waals surface area contributed by atoms with Crippen LogP contribution < -0.4 is 5.32 Å². The second-order valence-corrected chi connectivity index (χ2v) is 23.9. The van der Waals surface area contributed by atoms with Crippen molar-refractivity contribution in [3.8, 4) is 0 Å². The van der Waals surface area contributed by atoms with E-state index in [2.05, 4.69) is 154 Å². The minimum absolute atomic E-state index is 0.459. The number of nitrogens with one attached hydrogen (secondary N) is 1. The minimum Gasteiger partial charge on any atom is -0.374 e. The van der Waals surface area contributed by atoms with E-state index in [1.807, 2.05) is 0 Å². The fourth-order valence-electron chi connectivity index (χ4n) is 13.8. The van der Waals surface area contributed by atoms with Crippen LogP contribution in [0.4, 0.5) is 0 Å². The van der Waals surface area contributed by atoms with E-state index < -0.39 is 0 Å². The molecule has 10 saturated heterocycles. The van der Waals surface area contributed by atoms with Gasteiger partial charge in [0, 0.05) is 132 Å². The van der Waals surface area contributed by atoms with Gasteiger partial charge in [0.2, 0.25) is 0 Å². The normalized spacial score (nSPS) is 38.2. The van der Waals surface area contributed by atoms with Gasteiger partial charge in [0.05, 0.1) is 18.8 Å². The molecular weight excluding hydrogens is 781 g/mol. The Hall–Kier alpha value is -0.440. The molecule has 1 N–H and O–H groups in total. The first-order valence-electron chi connectivity index (χ1n) is 26.8. The molecule has 0 spiro atoms. The molecular formula is C52H104N10O. The van der Waals surface area contributed by atoms with E-state index in [1.165, 1.54) is 117 Å². The van der Waals surface area contributed by atoms with Crippen molar-refractivity contribution in [1.29, 1.82) is 0 Å². The Balaban J connectivity index is 0.000000131. The Morgan fingerprint density at radius 1 is 0.444 bits per heavy atom. The highest BCUT2D eigenvalue weighted by atomic mass is 16.5. The molecule has 0 saturated carbocycles. The number of hydrogen-bond acceptors (Lipinski definition) is 11.